The van der Waals surface area contributed by atoms with Crippen molar-refractivity contribution in [3.8, 4) is 0 Å². The Balaban J connectivity index is 1.34. The number of rotatable bonds is 4. The Morgan fingerprint density at radius 3 is 2.82 bits per heavy atom. The highest BCUT2D eigenvalue weighted by molar-refractivity contribution is 7.15. The lowest BCUT2D eigenvalue weighted by molar-refractivity contribution is -0.134. The van der Waals surface area contributed by atoms with E-state index in [1.165, 1.54) is 11.3 Å². The van der Waals surface area contributed by atoms with Crippen LogP contribution in [0.15, 0.2) is 24.4 Å². The zero-order chi connectivity index (χ0) is 19.5. The molecule has 4 rings (SSSR count). The van der Waals surface area contributed by atoms with Crippen LogP contribution >= 0.6 is 11.3 Å². The molecule has 28 heavy (non-hydrogen) atoms. The molecular weight excluding hydrogens is 374 g/mol. The standard InChI is InChI=1S/C20H25N5O2S/c1-14-5-10-25(11-6-14)18(26)13-24-9-7-15-17(12-24)28-20(22-15)23-19(27)16-4-2-3-8-21-16/h2-4,8,14H,5-7,9-13H2,1H3,(H,22,23,27). The summed E-state index contributed by atoms with van der Waals surface area (Å²) < 4.78 is 0. The Labute approximate surface area is 168 Å². The number of pyridine rings is 1. The number of nitrogens with zero attached hydrogens (tertiary/aromatic N) is 4. The first-order valence-electron chi connectivity index (χ1n) is 9.79. The molecule has 8 heteroatoms. The minimum Gasteiger partial charge on any atom is -0.342 e. The molecule has 0 aromatic carbocycles. The molecule has 0 atom stereocenters. The number of piperidine rings is 1. The van der Waals surface area contributed by atoms with Crippen molar-refractivity contribution in [3.05, 3.63) is 40.7 Å². The molecule has 0 aliphatic carbocycles. The van der Waals surface area contributed by atoms with Crippen LogP contribution in [-0.4, -0.2) is 57.8 Å². The van der Waals surface area contributed by atoms with Gasteiger partial charge in [0.25, 0.3) is 5.91 Å². The van der Waals surface area contributed by atoms with E-state index in [4.69, 9.17) is 0 Å². The van der Waals surface area contributed by atoms with E-state index in [0.29, 0.717) is 23.9 Å². The quantitative estimate of drug-likeness (QED) is 0.854. The molecule has 1 fully saturated rings. The van der Waals surface area contributed by atoms with Gasteiger partial charge in [-0.15, -0.1) is 11.3 Å². The van der Waals surface area contributed by atoms with Crippen LogP contribution in [0.1, 0.15) is 40.8 Å². The Bertz CT molecular complexity index is 846. The SMILES string of the molecule is CC1CCN(C(=O)CN2CCc3nc(NC(=O)c4ccccn4)sc3C2)CC1. The maximum Gasteiger partial charge on any atom is 0.276 e. The number of amides is 2. The van der Waals surface area contributed by atoms with Crippen molar-refractivity contribution in [1.82, 2.24) is 19.8 Å². The molecule has 0 saturated carbocycles. The Morgan fingerprint density at radius 2 is 2.07 bits per heavy atom. The fraction of sp³-hybridized carbons (Fsp3) is 0.500. The van der Waals surface area contributed by atoms with Gasteiger partial charge in [-0.2, -0.15) is 0 Å². The Hall–Kier alpha value is -2.32. The lowest BCUT2D eigenvalue weighted by Gasteiger charge is -2.33. The molecule has 2 aromatic rings. The van der Waals surface area contributed by atoms with Gasteiger partial charge in [-0.25, -0.2) is 4.98 Å². The predicted molar refractivity (Wildman–Crippen MR) is 108 cm³/mol. The summed E-state index contributed by atoms with van der Waals surface area (Å²) in [6.45, 7) is 6.00. The zero-order valence-corrected chi connectivity index (χ0v) is 16.9. The molecule has 1 saturated heterocycles. The van der Waals surface area contributed by atoms with E-state index < -0.39 is 0 Å². The first-order chi connectivity index (χ1) is 13.6. The van der Waals surface area contributed by atoms with Crippen LogP contribution in [0.2, 0.25) is 0 Å². The van der Waals surface area contributed by atoms with E-state index >= 15 is 0 Å². The van der Waals surface area contributed by atoms with Gasteiger partial charge < -0.3 is 4.90 Å². The lowest BCUT2D eigenvalue weighted by atomic mass is 9.99. The first-order valence-corrected chi connectivity index (χ1v) is 10.6. The molecule has 2 aromatic heterocycles. The summed E-state index contributed by atoms with van der Waals surface area (Å²) in [5.74, 6) is 0.695. The average Bonchev–Trinajstić information content (AvgIpc) is 3.10. The number of fused-ring (bicyclic) bond motifs is 1. The summed E-state index contributed by atoms with van der Waals surface area (Å²) in [6.07, 6.45) is 4.60. The third kappa shape index (κ3) is 4.39. The van der Waals surface area contributed by atoms with Gasteiger partial charge in [0.05, 0.1) is 12.2 Å². The average molecular weight is 400 g/mol. The molecule has 1 N–H and O–H groups in total. The van der Waals surface area contributed by atoms with Crippen LogP contribution in [0, 0.1) is 5.92 Å². The highest BCUT2D eigenvalue weighted by atomic mass is 32.1. The number of hydrogen-bond acceptors (Lipinski definition) is 6. The molecule has 2 amide bonds. The second-order valence-corrected chi connectivity index (χ2v) is 8.67. The predicted octanol–water partition coefficient (Wildman–Crippen LogP) is 2.41. The molecule has 0 radical (unpaired) electrons. The smallest absolute Gasteiger partial charge is 0.276 e. The highest BCUT2D eigenvalue weighted by Crippen LogP contribution is 2.28. The van der Waals surface area contributed by atoms with Crippen LogP contribution in [-0.2, 0) is 17.8 Å². The zero-order valence-electron chi connectivity index (χ0n) is 16.1. The summed E-state index contributed by atoms with van der Waals surface area (Å²) in [7, 11) is 0. The maximum atomic E-state index is 12.6. The van der Waals surface area contributed by atoms with Gasteiger partial charge in [0.15, 0.2) is 5.13 Å². The van der Waals surface area contributed by atoms with Crippen LogP contribution in [0.3, 0.4) is 0 Å². The number of hydrogen-bond donors (Lipinski definition) is 1. The molecule has 0 unspecified atom stereocenters. The largest absolute Gasteiger partial charge is 0.342 e. The molecule has 4 heterocycles. The summed E-state index contributed by atoms with van der Waals surface area (Å²) in [5, 5.41) is 3.44. The van der Waals surface area contributed by atoms with E-state index in [0.717, 1.165) is 55.4 Å². The minimum atomic E-state index is -0.252. The van der Waals surface area contributed by atoms with Crippen molar-refractivity contribution in [2.45, 2.75) is 32.7 Å². The molecule has 7 nitrogen and oxygen atoms in total. The third-order valence-electron chi connectivity index (χ3n) is 5.42. The highest BCUT2D eigenvalue weighted by Gasteiger charge is 2.26. The third-order valence-corrected chi connectivity index (χ3v) is 6.42. The number of nitrogens with one attached hydrogen (secondary N) is 1. The summed E-state index contributed by atoms with van der Waals surface area (Å²) >= 11 is 1.49. The Kier molecular flexibility index (Phi) is 5.68. The van der Waals surface area contributed by atoms with Crippen molar-refractivity contribution in [1.29, 1.82) is 0 Å². The van der Waals surface area contributed by atoms with Gasteiger partial charge in [0.2, 0.25) is 5.91 Å². The second kappa shape index (κ2) is 8.36. The number of anilines is 1. The monoisotopic (exact) mass is 399 g/mol. The molecular formula is C20H25N5O2S. The summed E-state index contributed by atoms with van der Waals surface area (Å²) in [6, 6.07) is 5.24. The normalized spacial score (nSPS) is 18.0. The second-order valence-electron chi connectivity index (χ2n) is 7.58. The number of carbonyl (C=O) groups excluding carboxylic acids is 2. The fourth-order valence-corrected chi connectivity index (χ4v) is 4.69. The minimum absolute atomic E-state index is 0.226. The van der Waals surface area contributed by atoms with E-state index in [1.807, 2.05) is 4.90 Å². The van der Waals surface area contributed by atoms with Gasteiger partial charge >= 0.3 is 0 Å². The number of thiazole rings is 1. The summed E-state index contributed by atoms with van der Waals surface area (Å²) in [5.41, 5.74) is 1.40. The molecule has 0 spiro atoms. The van der Waals surface area contributed by atoms with Gasteiger partial charge in [0.1, 0.15) is 5.69 Å². The molecule has 0 bridgehead atoms. The van der Waals surface area contributed by atoms with E-state index in [1.54, 1.807) is 24.4 Å². The first kappa shape index (κ1) is 19.0. The number of aromatic nitrogens is 2. The van der Waals surface area contributed by atoms with Crippen molar-refractivity contribution in [2.24, 2.45) is 5.92 Å². The van der Waals surface area contributed by atoms with Gasteiger partial charge in [-0.3, -0.25) is 24.8 Å². The van der Waals surface area contributed by atoms with Crippen molar-refractivity contribution in [2.75, 3.05) is 31.5 Å². The maximum absolute atomic E-state index is 12.6. The molecule has 148 valence electrons. The van der Waals surface area contributed by atoms with Crippen LogP contribution in [0.4, 0.5) is 5.13 Å². The molecule has 2 aliphatic heterocycles. The number of carbonyl (C=O) groups is 2. The summed E-state index contributed by atoms with van der Waals surface area (Å²) in [4.78, 5) is 38.8. The van der Waals surface area contributed by atoms with E-state index in [2.05, 4.69) is 27.1 Å². The van der Waals surface area contributed by atoms with Gasteiger partial charge in [-0.1, -0.05) is 13.0 Å². The van der Waals surface area contributed by atoms with Crippen molar-refractivity contribution >= 4 is 28.3 Å². The Morgan fingerprint density at radius 1 is 1.25 bits per heavy atom. The topological polar surface area (TPSA) is 78.4 Å². The van der Waals surface area contributed by atoms with E-state index in [9.17, 15) is 9.59 Å². The van der Waals surface area contributed by atoms with Crippen LogP contribution < -0.4 is 5.32 Å². The number of likely N-dealkylation sites (tertiary alicyclic amines) is 1. The lowest BCUT2D eigenvalue weighted by Crippen LogP contribution is -2.44. The van der Waals surface area contributed by atoms with Crippen molar-refractivity contribution in [3.63, 3.8) is 0 Å². The van der Waals surface area contributed by atoms with Crippen molar-refractivity contribution < 1.29 is 9.59 Å². The van der Waals surface area contributed by atoms with E-state index in [-0.39, 0.29) is 11.8 Å². The van der Waals surface area contributed by atoms with Gasteiger partial charge in [-0.05, 0) is 30.9 Å². The molecule has 2 aliphatic rings. The van der Waals surface area contributed by atoms with Crippen LogP contribution in [0.5, 0.6) is 0 Å². The van der Waals surface area contributed by atoms with Crippen LogP contribution in [0.25, 0.3) is 0 Å². The fourth-order valence-electron chi connectivity index (χ4n) is 3.64. The van der Waals surface area contributed by atoms with Gasteiger partial charge in [0, 0.05) is 43.7 Å².